The number of carbonyl (C=O) groups excluding carboxylic acids is 2. The van der Waals surface area contributed by atoms with E-state index in [1.807, 2.05) is 46.2 Å². The number of carbonyl (C=O) groups is 2. The molecule has 3 heterocycles. The number of nitrogens with zero attached hydrogens (tertiary/aromatic N) is 4. The van der Waals surface area contributed by atoms with E-state index >= 15 is 0 Å². The molecule has 1 aliphatic rings. The normalized spacial score (nSPS) is 17.8. The molecule has 2 atom stereocenters. The summed E-state index contributed by atoms with van der Waals surface area (Å²) in [6, 6.07) is 8.77. The molecule has 1 aromatic carbocycles. The number of benzene rings is 1. The Morgan fingerprint density at radius 3 is 2.85 bits per heavy atom. The Balaban J connectivity index is 1.55. The molecule has 39 heavy (non-hydrogen) atoms. The van der Waals surface area contributed by atoms with Gasteiger partial charge in [-0.25, -0.2) is 22.7 Å². The van der Waals surface area contributed by atoms with Crippen molar-refractivity contribution >= 4 is 39.0 Å². The van der Waals surface area contributed by atoms with Crippen LogP contribution in [0.2, 0.25) is 0 Å². The molecule has 1 unspecified atom stereocenters. The fourth-order valence-corrected chi connectivity index (χ4v) is 5.02. The standard InChI is InChI=1S/C25H31N7O6S/c1-4-12-38-25(34)29-21-9-10-31(15-20(21)24(33)30-39(3,35)36)14-17-8-11-32-22(17)23(26-16-27-32)28-18-6-5-7-19(13-18)37-2/h4-8,11,13,16,20-21H,1,9-10,12,14-15H2,2-3H3,(H,29,34)(H,30,33)(H,26,27,28)/t20-,21?/m1/s1. The highest BCUT2D eigenvalue weighted by Crippen LogP contribution is 2.27. The summed E-state index contributed by atoms with van der Waals surface area (Å²) in [4.78, 5) is 31.5. The van der Waals surface area contributed by atoms with Crippen LogP contribution in [0.3, 0.4) is 0 Å². The maximum atomic E-state index is 12.9. The maximum Gasteiger partial charge on any atom is 0.407 e. The van der Waals surface area contributed by atoms with Gasteiger partial charge in [-0.3, -0.25) is 14.4 Å². The van der Waals surface area contributed by atoms with Crippen molar-refractivity contribution in [1.29, 1.82) is 0 Å². The molecule has 208 valence electrons. The second-order valence-electron chi connectivity index (χ2n) is 9.11. The summed E-state index contributed by atoms with van der Waals surface area (Å²) in [6.45, 7) is 4.70. The Morgan fingerprint density at radius 1 is 1.28 bits per heavy atom. The predicted octanol–water partition coefficient (Wildman–Crippen LogP) is 1.66. The Labute approximate surface area is 226 Å². The van der Waals surface area contributed by atoms with Crippen LogP contribution in [-0.4, -0.2) is 79.0 Å². The molecule has 0 aliphatic carbocycles. The molecule has 14 heteroatoms. The second-order valence-corrected chi connectivity index (χ2v) is 10.9. The first-order valence-electron chi connectivity index (χ1n) is 12.2. The van der Waals surface area contributed by atoms with E-state index in [1.165, 1.54) is 12.4 Å². The number of methoxy groups -OCH3 is 1. The van der Waals surface area contributed by atoms with Crippen molar-refractivity contribution in [2.24, 2.45) is 5.92 Å². The number of hydrogen-bond acceptors (Lipinski definition) is 10. The summed E-state index contributed by atoms with van der Waals surface area (Å²) in [6.07, 6.45) is 5.32. The summed E-state index contributed by atoms with van der Waals surface area (Å²) in [5, 5.41) is 10.3. The van der Waals surface area contributed by atoms with E-state index in [1.54, 1.807) is 11.6 Å². The lowest BCUT2D eigenvalue weighted by molar-refractivity contribution is -0.125. The minimum absolute atomic E-state index is 0.0147. The van der Waals surface area contributed by atoms with Gasteiger partial charge in [-0.15, -0.1) is 0 Å². The summed E-state index contributed by atoms with van der Waals surface area (Å²) in [5.74, 6) is -0.235. The molecule has 0 spiro atoms. The van der Waals surface area contributed by atoms with E-state index in [0.29, 0.717) is 31.1 Å². The molecule has 4 rings (SSSR count). The maximum absolute atomic E-state index is 12.9. The Bertz CT molecular complexity index is 1460. The van der Waals surface area contributed by atoms with Gasteiger partial charge in [-0.2, -0.15) is 5.10 Å². The van der Waals surface area contributed by atoms with Crippen LogP contribution in [0.1, 0.15) is 12.0 Å². The number of piperidine rings is 1. The van der Waals surface area contributed by atoms with Gasteiger partial charge in [0.1, 0.15) is 24.2 Å². The number of nitrogens with one attached hydrogen (secondary N) is 3. The quantitative estimate of drug-likeness (QED) is 0.313. The van der Waals surface area contributed by atoms with E-state index in [9.17, 15) is 18.0 Å². The second kappa shape index (κ2) is 12.1. The van der Waals surface area contributed by atoms with Gasteiger partial charge in [0.25, 0.3) is 0 Å². The van der Waals surface area contributed by atoms with Gasteiger partial charge in [-0.1, -0.05) is 18.7 Å². The number of amides is 2. The van der Waals surface area contributed by atoms with Gasteiger partial charge >= 0.3 is 6.09 Å². The van der Waals surface area contributed by atoms with Crippen molar-refractivity contribution in [3.63, 3.8) is 0 Å². The minimum Gasteiger partial charge on any atom is -0.497 e. The number of ether oxygens (including phenoxy) is 2. The van der Waals surface area contributed by atoms with Crippen LogP contribution in [0.4, 0.5) is 16.3 Å². The highest BCUT2D eigenvalue weighted by atomic mass is 32.2. The molecule has 2 amide bonds. The third kappa shape index (κ3) is 7.23. The monoisotopic (exact) mass is 557 g/mol. The number of hydrogen-bond donors (Lipinski definition) is 3. The molecule has 13 nitrogen and oxygen atoms in total. The van der Waals surface area contributed by atoms with Crippen molar-refractivity contribution in [2.75, 3.05) is 38.4 Å². The van der Waals surface area contributed by atoms with Crippen LogP contribution in [0, 0.1) is 5.92 Å². The first kappa shape index (κ1) is 27.9. The highest BCUT2D eigenvalue weighted by Gasteiger charge is 2.37. The zero-order valence-corrected chi connectivity index (χ0v) is 22.5. The smallest absolute Gasteiger partial charge is 0.407 e. The van der Waals surface area contributed by atoms with E-state index < -0.39 is 34.0 Å². The lowest BCUT2D eigenvalue weighted by Crippen LogP contribution is -2.56. The van der Waals surface area contributed by atoms with E-state index in [-0.39, 0.29) is 13.2 Å². The fraction of sp³-hybridized carbons (Fsp3) is 0.360. The summed E-state index contributed by atoms with van der Waals surface area (Å²) < 4.78 is 37.6. The molecular weight excluding hydrogens is 526 g/mol. The van der Waals surface area contributed by atoms with Crippen LogP contribution < -0.4 is 20.1 Å². The van der Waals surface area contributed by atoms with E-state index in [4.69, 9.17) is 9.47 Å². The number of alkyl carbamates (subject to hydrolysis) is 1. The zero-order chi connectivity index (χ0) is 28.0. The summed E-state index contributed by atoms with van der Waals surface area (Å²) in [5.41, 5.74) is 2.45. The van der Waals surface area contributed by atoms with Crippen LogP contribution in [-0.2, 0) is 26.1 Å². The average molecular weight is 558 g/mol. The number of anilines is 2. The lowest BCUT2D eigenvalue weighted by Gasteiger charge is -2.37. The molecule has 3 N–H and O–H groups in total. The summed E-state index contributed by atoms with van der Waals surface area (Å²) in [7, 11) is -2.19. The molecule has 1 fully saturated rings. The van der Waals surface area contributed by atoms with Gasteiger partial charge in [0.05, 0.1) is 19.3 Å². The molecule has 3 aromatic rings. The topological polar surface area (TPSA) is 156 Å². The van der Waals surface area contributed by atoms with Crippen molar-refractivity contribution in [1.82, 2.24) is 29.5 Å². The molecule has 1 aliphatic heterocycles. The molecular formula is C25H31N7O6S. The largest absolute Gasteiger partial charge is 0.497 e. The minimum atomic E-state index is -3.79. The van der Waals surface area contributed by atoms with Gasteiger partial charge in [-0.05, 0) is 30.2 Å². The Kier molecular flexibility index (Phi) is 8.66. The zero-order valence-electron chi connectivity index (χ0n) is 21.7. The highest BCUT2D eigenvalue weighted by molar-refractivity contribution is 7.89. The average Bonchev–Trinajstić information content (AvgIpc) is 3.31. The van der Waals surface area contributed by atoms with Crippen molar-refractivity contribution in [3.8, 4) is 5.75 Å². The van der Waals surface area contributed by atoms with Crippen LogP contribution in [0.25, 0.3) is 5.52 Å². The van der Waals surface area contributed by atoms with Crippen molar-refractivity contribution in [3.05, 3.63) is 61.1 Å². The summed E-state index contributed by atoms with van der Waals surface area (Å²) >= 11 is 0. The van der Waals surface area contributed by atoms with Gasteiger partial charge in [0, 0.05) is 43.6 Å². The number of rotatable bonds is 10. The Morgan fingerprint density at radius 2 is 2.10 bits per heavy atom. The van der Waals surface area contributed by atoms with Gasteiger partial charge in [0.15, 0.2) is 5.82 Å². The van der Waals surface area contributed by atoms with E-state index in [0.717, 1.165) is 23.0 Å². The number of sulfonamides is 1. The third-order valence-corrected chi connectivity index (χ3v) is 6.79. The third-order valence-electron chi connectivity index (χ3n) is 6.22. The number of fused-ring (bicyclic) bond motifs is 1. The lowest BCUT2D eigenvalue weighted by atomic mass is 9.91. The molecule has 1 saturated heterocycles. The number of likely N-dealkylation sites (tertiary alicyclic amines) is 1. The van der Waals surface area contributed by atoms with Crippen molar-refractivity contribution < 1.29 is 27.5 Å². The number of aromatic nitrogens is 3. The molecule has 0 saturated carbocycles. The first-order valence-corrected chi connectivity index (χ1v) is 14.1. The van der Waals surface area contributed by atoms with Gasteiger partial charge < -0.3 is 20.1 Å². The molecule has 0 bridgehead atoms. The predicted molar refractivity (Wildman–Crippen MR) is 144 cm³/mol. The molecule has 0 radical (unpaired) electrons. The first-order chi connectivity index (χ1) is 18.7. The van der Waals surface area contributed by atoms with Gasteiger partial charge in [0.2, 0.25) is 15.9 Å². The fourth-order valence-electron chi connectivity index (χ4n) is 4.50. The van der Waals surface area contributed by atoms with Crippen LogP contribution in [0.5, 0.6) is 5.75 Å². The Hall–Kier alpha value is -4.17. The van der Waals surface area contributed by atoms with Crippen LogP contribution >= 0.6 is 0 Å². The SMILES string of the molecule is C=CCOC(=O)NC1CCN(Cc2ccn3ncnc(Nc4cccc(OC)c4)c23)C[C@H]1C(=O)NS(C)(=O)=O. The van der Waals surface area contributed by atoms with Crippen molar-refractivity contribution in [2.45, 2.75) is 19.0 Å². The van der Waals surface area contributed by atoms with E-state index in [2.05, 4.69) is 27.3 Å². The van der Waals surface area contributed by atoms with Crippen LogP contribution in [0.15, 0.2) is 55.5 Å². The molecule has 2 aromatic heterocycles.